The van der Waals surface area contributed by atoms with Crippen molar-refractivity contribution in [3.05, 3.63) is 71.8 Å². The van der Waals surface area contributed by atoms with Crippen molar-refractivity contribution in [3.63, 3.8) is 0 Å². The van der Waals surface area contributed by atoms with Crippen LogP contribution in [0.4, 0.5) is 0 Å². The van der Waals surface area contributed by atoms with E-state index in [0.717, 1.165) is 11.1 Å². The molecule has 2 aromatic carbocycles. The van der Waals surface area contributed by atoms with Crippen LogP contribution in [-0.2, 0) is 32.1 Å². The van der Waals surface area contributed by atoms with Gasteiger partial charge in [0.2, 0.25) is 17.6 Å². The maximum Gasteiger partial charge on any atom is 0.287 e. The molecule has 1 aliphatic rings. The minimum absolute atomic E-state index is 0.111. The van der Waals surface area contributed by atoms with E-state index in [1.807, 2.05) is 48.5 Å². The molecule has 1 saturated heterocycles. The van der Waals surface area contributed by atoms with Crippen LogP contribution in [-0.4, -0.2) is 40.5 Å². The van der Waals surface area contributed by atoms with Gasteiger partial charge < -0.3 is 16.0 Å². The van der Waals surface area contributed by atoms with E-state index >= 15 is 0 Å². The van der Waals surface area contributed by atoms with Crippen molar-refractivity contribution in [1.29, 1.82) is 0 Å². The van der Waals surface area contributed by atoms with Gasteiger partial charge in [-0.25, -0.2) is 0 Å². The zero-order valence-electron chi connectivity index (χ0n) is 16.8. The Hall–Kier alpha value is -3.48. The summed E-state index contributed by atoms with van der Waals surface area (Å²) in [5, 5.41) is 2.66. The molecular weight excluding hydrogens is 382 g/mol. The van der Waals surface area contributed by atoms with Crippen molar-refractivity contribution in [2.24, 2.45) is 11.7 Å². The topological polar surface area (TPSA) is 110 Å². The Morgan fingerprint density at radius 3 is 2.17 bits per heavy atom. The number of rotatable bonds is 8. The molecule has 7 nitrogen and oxygen atoms in total. The minimum Gasteiger partial charge on any atom is -0.363 e. The van der Waals surface area contributed by atoms with E-state index in [9.17, 15) is 19.2 Å². The van der Waals surface area contributed by atoms with Crippen LogP contribution < -0.4 is 11.1 Å². The molecule has 3 N–H and O–H groups in total. The van der Waals surface area contributed by atoms with Gasteiger partial charge in [0.15, 0.2) is 0 Å². The Labute approximate surface area is 175 Å². The second-order valence-corrected chi connectivity index (χ2v) is 7.58. The standard InChI is InChI=1S/C23H25N3O4/c1-15-12-19(26(23(15)30)14-17-10-6-3-7-11-17)22(29)25-18(20(27)21(24)28)13-16-8-4-2-5-9-16/h2-11,15,18-19H,12-14H2,1H3,(H2,24,28)(H,25,29)/t15-,18+,19?/m0/s1. The van der Waals surface area contributed by atoms with Crippen molar-refractivity contribution in [1.82, 2.24) is 10.2 Å². The minimum atomic E-state index is -1.10. The predicted molar refractivity (Wildman–Crippen MR) is 111 cm³/mol. The second kappa shape index (κ2) is 9.35. The normalized spacial score (nSPS) is 19.4. The molecular formula is C23H25N3O4. The highest BCUT2D eigenvalue weighted by Crippen LogP contribution is 2.26. The van der Waals surface area contributed by atoms with E-state index in [1.165, 1.54) is 4.90 Å². The third kappa shape index (κ3) is 4.92. The fourth-order valence-electron chi connectivity index (χ4n) is 3.72. The van der Waals surface area contributed by atoms with E-state index in [0.29, 0.717) is 13.0 Å². The molecule has 0 aliphatic carbocycles. The van der Waals surface area contributed by atoms with Gasteiger partial charge in [-0.1, -0.05) is 67.6 Å². The van der Waals surface area contributed by atoms with E-state index in [-0.39, 0.29) is 18.2 Å². The largest absolute Gasteiger partial charge is 0.363 e. The number of likely N-dealkylation sites (tertiary alicyclic amines) is 1. The maximum absolute atomic E-state index is 13.1. The fraction of sp³-hybridized carbons (Fsp3) is 0.304. The quantitative estimate of drug-likeness (QED) is 0.641. The highest BCUT2D eigenvalue weighted by Gasteiger charge is 2.42. The number of hydrogen-bond acceptors (Lipinski definition) is 4. The highest BCUT2D eigenvalue weighted by atomic mass is 16.2. The molecule has 156 valence electrons. The summed E-state index contributed by atoms with van der Waals surface area (Å²) in [6, 6.07) is 16.7. The van der Waals surface area contributed by atoms with Crippen LogP contribution in [0.1, 0.15) is 24.5 Å². The summed E-state index contributed by atoms with van der Waals surface area (Å²) in [6.45, 7) is 2.08. The van der Waals surface area contributed by atoms with Gasteiger partial charge in [-0.3, -0.25) is 19.2 Å². The molecule has 0 spiro atoms. The lowest BCUT2D eigenvalue weighted by molar-refractivity contribution is -0.140. The van der Waals surface area contributed by atoms with Crippen molar-refractivity contribution in [2.75, 3.05) is 0 Å². The van der Waals surface area contributed by atoms with E-state index in [1.54, 1.807) is 19.1 Å². The van der Waals surface area contributed by atoms with Gasteiger partial charge in [-0.05, 0) is 17.5 Å². The molecule has 0 saturated carbocycles. The lowest BCUT2D eigenvalue weighted by atomic mass is 10.0. The average Bonchev–Trinajstić information content (AvgIpc) is 3.02. The van der Waals surface area contributed by atoms with Crippen LogP contribution in [0.2, 0.25) is 0 Å². The molecule has 1 fully saturated rings. The third-order valence-electron chi connectivity index (χ3n) is 5.31. The maximum atomic E-state index is 13.1. The van der Waals surface area contributed by atoms with Gasteiger partial charge in [0.05, 0.1) is 0 Å². The number of nitrogens with one attached hydrogen (secondary N) is 1. The van der Waals surface area contributed by atoms with Crippen LogP contribution in [0.15, 0.2) is 60.7 Å². The summed E-state index contributed by atoms with van der Waals surface area (Å²) >= 11 is 0. The summed E-state index contributed by atoms with van der Waals surface area (Å²) in [5.41, 5.74) is 6.88. The summed E-state index contributed by atoms with van der Waals surface area (Å²) in [5.74, 6) is -2.84. The zero-order chi connectivity index (χ0) is 21.7. The first-order valence-corrected chi connectivity index (χ1v) is 9.89. The molecule has 3 atom stereocenters. The first-order valence-electron chi connectivity index (χ1n) is 9.89. The lowest BCUT2D eigenvalue weighted by Crippen LogP contribution is -2.53. The fourth-order valence-corrected chi connectivity index (χ4v) is 3.72. The predicted octanol–water partition coefficient (Wildman–Crippen LogP) is 1.21. The summed E-state index contributed by atoms with van der Waals surface area (Å²) in [4.78, 5) is 51.1. The molecule has 3 amide bonds. The monoisotopic (exact) mass is 407 g/mol. The van der Waals surface area contributed by atoms with Crippen LogP contribution in [0, 0.1) is 5.92 Å². The van der Waals surface area contributed by atoms with E-state index < -0.39 is 29.7 Å². The molecule has 1 aliphatic heterocycles. The number of carbonyl (C=O) groups excluding carboxylic acids is 4. The number of hydrogen-bond donors (Lipinski definition) is 2. The van der Waals surface area contributed by atoms with Crippen LogP contribution in [0.3, 0.4) is 0 Å². The zero-order valence-corrected chi connectivity index (χ0v) is 16.8. The number of ketones is 1. The van der Waals surface area contributed by atoms with Crippen molar-refractivity contribution in [3.8, 4) is 0 Å². The van der Waals surface area contributed by atoms with Gasteiger partial charge in [0.25, 0.3) is 5.91 Å². The third-order valence-corrected chi connectivity index (χ3v) is 5.31. The Morgan fingerprint density at radius 2 is 1.60 bits per heavy atom. The number of nitrogens with two attached hydrogens (primary N) is 1. The van der Waals surface area contributed by atoms with Gasteiger partial charge >= 0.3 is 0 Å². The van der Waals surface area contributed by atoms with Gasteiger partial charge in [0, 0.05) is 18.9 Å². The number of Topliss-reactive ketones (excluding diaryl/α,β-unsaturated/α-hetero) is 1. The van der Waals surface area contributed by atoms with Crippen molar-refractivity contribution >= 4 is 23.5 Å². The molecule has 2 aromatic rings. The van der Waals surface area contributed by atoms with E-state index in [2.05, 4.69) is 5.32 Å². The number of primary amides is 1. The number of nitrogens with zero attached hydrogens (tertiary/aromatic N) is 1. The summed E-state index contributed by atoms with van der Waals surface area (Å²) in [6.07, 6.45) is 0.490. The number of amides is 3. The average molecular weight is 407 g/mol. The first kappa shape index (κ1) is 21.2. The molecule has 7 heteroatoms. The SMILES string of the molecule is C[C@H]1CC(C(=O)N[C@H](Cc2ccccc2)C(=O)C(N)=O)N(Cc2ccccc2)C1=O. The first-order chi connectivity index (χ1) is 14.4. The summed E-state index contributed by atoms with van der Waals surface area (Å²) < 4.78 is 0. The Bertz CT molecular complexity index is 930. The van der Waals surface area contributed by atoms with E-state index in [4.69, 9.17) is 5.73 Å². The Morgan fingerprint density at radius 1 is 1.03 bits per heavy atom. The molecule has 0 aromatic heterocycles. The lowest BCUT2D eigenvalue weighted by Gasteiger charge is -2.26. The van der Waals surface area contributed by atoms with Crippen LogP contribution >= 0.6 is 0 Å². The molecule has 3 rings (SSSR count). The smallest absolute Gasteiger partial charge is 0.287 e. The number of carbonyl (C=O) groups is 4. The second-order valence-electron chi connectivity index (χ2n) is 7.58. The van der Waals surface area contributed by atoms with Gasteiger partial charge in [0.1, 0.15) is 12.1 Å². The molecule has 1 heterocycles. The highest BCUT2D eigenvalue weighted by molar-refractivity contribution is 6.38. The molecule has 1 unspecified atom stereocenters. The van der Waals surface area contributed by atoms with Gasteiger partial charge in [-0.2, -0.15) is 0 Å². The van der Waals surface area contributed by atoms with Crippen molar-refractivity contribution < 1.29 is 19.2 Å². The van der Waals surface area contributed by atoms with Crippen molar-refractivity contribution in [2.45, 2.75) is 38.4 Å². The Kier molecular flexibility index (Phi) is 6.61. The molecule has 30 heavy (non-hydrogen) atoms. The Balaban J connectivity index is 1.78. The van der Waals surface area contributed by atoms with Crippen LogP contribution in [0.25, 0.3) is 0 Å². The van der Waals surface area contributed by atoms with Gasteiger partial charge in [-0.15, -0.1) is 0 Å². The molecule has 0 radical (unpaired) electrons. The summed E-state index contributed by atoms with van der Waals surface area (Å²) in [7, 11) is 0. The molecule has 0 bridgehead atoms. The number of benzene rings is 2. The van der Waals surface area contributed by atoms with Crippen LogP contribution in [0.5, 0.6) is 0 Å².